The zero-order chi connectivity index (χ0) is 13.3. The van der Waals surface area contributed by atoms with E-state index >= 15 is 0 Å². The Labute approximate surface area is 91.4 Å². The Bertz CT molecular complexity index is 355. The average molecular weight is 260 g/mol. The SMILES string of the molecule is OC(F)(F)C(F)(Oc1ccccc1)C(F)(F)F. The summed E-state index contributed by atoms with van der Waals surface area (Å²) in [5.74, 6) is -6.29. The summed E-state index contributed by atoms with van der Waals surface area (Å²) in [4.78, 5) is 0. The highest BCUT2D eigenvalue weighted by Gasteiger charge is 2.74. The van der Waals surface area contributed by atoms with Gasteiger partial charge in [-0.3, -0.25) is 0 Å². The predicted octanol–water partition coefficient (Wildman–Crippen LogP) is 2.88. The van der Waals surface area contributed by atoms with Crippen molar-refractivity contribution >= 4 is 0 Å². The van der Waals surface area contributed by atoms with E-state index in [1.54, 1.807) is 0 Å². The fourth-order valence-electron chi connectivity index (χ4n) is 0.941. The number of benzene rings is 1. The van der Waals surface area contributed by atoms with Gasteiger partial charge in [0.15, 0.2) is 0 Å². The lowest BCUT2D eigenvalue weighted by Gasteiger charge is -2.31. The van der Waals surface area contributed by atoms with Crippen LogP contribution in [0.25, 0.3) is 0 Å². The van der Waals surface area contributed by atoms with Gasteiger partial charge in [-0.05, 0) is 12.1 Å². The van der Waals surface area contributed by atoms with E-state index in [4.69, 9.17) is 5.11 Å². The Hall–Kier alpha value is -1.44. The molecule has 0 spiro atoms. The van der Waals surface area contributed by atoms with E-state index in [1.807, 2.05) is 0 Å². The first-order valence-electron chi connectivity index (χ1n) is 4.18. The van der Waals surface area contributed by atoms with Gasteiger partial charge in [-0.25, -0.2) is 0 Å². The van der Waals surface area contributed by atoms with Gasteiger partial charge in [0.1, 0.15) is 5.75 Å². The third kappa shape index (κ3) is 2.63. The average Bonchev–Trinajstić information content (AvgIpc) is 2.15. The molecule has 8 heteroatoms. The zero-order valence-corrected chi connectivity index (χ0v) is 8.01. The van der Waals surface area contributed by atoms with Gasteiger partial charge in [-0.15, -0.1) is 0 Å². The van der Waals surface area contributed by atoms with E-state index in [0.29, 0.717) is 0 Å². The molecular formula is C9H6F6O2. The number of ether oxygens (including phenoxy) is 1. The number of halogens is 6. The van der Waals surface area contributed by atoms with Crippen LogP contribution in [0.3, 0.4) is 0 Å². The summed E-state index contributed by atoms with van der Waals surface area (Å²) in [7, 11) is 0. The van der Waals surface area contributed by atoms with Gasteiger partial charge in [0, 0.05) is 0 Å². The highest BCUT2D eigenvalue weighted by atomic mass is 19.4. The maximum absolute atomic E-state index is 13.1. The van der Waals surface area contributed by atoms with Gasteiger partial charge < -0.3 is 9.84 Å². The maximum atomic E-state index is 13.1. The van der Waals surface area contributed by atoms with Crippen molar-refractivity contribution in [2.75, 3.05) is 0 Å². The molecule has 0 saturated carbocycles. The lowest BCUT2D eigenvalue weighted by Crippen LogP contribution is -2.59. The van der Waals surface area contributed by atoms with Crippen molar-refractivity contribution < 1.29 is 36.2 Å². The third-order valence-electron chi connectivity index (χ3n) is 1.75. The second kappa shape index (κ2) is 4.10. The van der Waals surface area contributed by atoms with Crippen LogP contribution < -0.4 is 4.74 Å². The number of rotatable bonds is 3. The lowest BCUT2D eigenvalue weighted by atomic mass is 10.2. The molecule has 1 aromatic carbocycles. The Morgan fingerprint density at radius 2 is 1.35 bits per heavy atom. The molecule has 0 aromatic heterocycles. The molecule has 0 radical (unpaired) electrons. The number of para-hydroxylation sites is 1. The van der Waals surface area contributed by atoms with Gasteiger partial charge in [0.2, 0.25) is 0 Å². The fourth-order valence-corrected chi connectivity index (χ4v) is 0.941. The first-order valence-corrected chi connectivity index (χ1v) is 4.18. The summed E-state index contributed by atoms with van der Waals surface area (Å²) >= 11 is 0. The second-order valence-electron chi connectivity index (χ2n) is 3.05. The van der Waals surface area contributed by atoms with Crippen LogP contribution in [-0.4, -0.2) is 23.2 Å². The van der Waals surface area contributed by atoms with Crippen molar-refractivity contribution in [3.05, 3.63) is 30.3 Å². The molecule has 0 aliphatic carbocycles. The van der Waals surface area contributed by atoms with Crippen LogP contribution >= 0.6 is 0 Å². The second-order valence-corrected chi connectivity index (χ2v) is 3.05. The Morgan fingerprint density at radius 3 is 1.71 bits per heavy atom. The van der Waals surface area contributed by atoms with Crippen LogP contribution in [0, 0.1) is 0 Å². The molecule has 0 aliphatic heterocycles. The normalized spacial score (nSPS) is 16.4. The van der Waals surface area contributed by atoms with E-state index in [2.05, 4.69) is 4.74 Å². The quantitative estimate of drug-likeness (QED) is 0.847. The summed E-state index contributed by atoms with van der Waals surface area (Å²) in [5, 5.41) is 7.98. The number of aliphatic hydroxyl groups is 1. The molecule has 1 unspecified atom stereocenters. The third-order valence-corrected chi connectivity index (χ3v) is 1.75. The smallest absolute Gasteiger partial charge is 0.444 e. The van der Waals surface area contributed by atoms with Gasteiger partial charge in [-0.2, -0.15) is 26.3 Å². The van der Waals surface area contributed by atoms with E-state index < -0.39 is 23.9 Å². The van der Waals surface area contributed by atoms with Crippen LogP contribution in [0.5, 0.6) is 5.75 Å². The number of alkyl halides is 6. The number of hydrogen-bond donors (Lipinski definition) is 1. The predicted molar refractivity (Wildman–Crippen MR) is 44.1 cm³/mol. The molecule has 0 bridgehead atoms. The van der Waals surface area contributed by atoms with Crippen molar-refractivity contribution in [3.63, 3.8) is 0 Å². The highest BCUT2D eigenvalue weighted by Crippen LogP contribution is 2.44. The molecule has 0 saturated heterocycles. The van der Waals surface area contributed by atoms with E-state index in [9.17, 15) is 26.3 Å². The van der Waals surface area contributed by atoms with E-state index in [0.717, 1.165) is 24.3 Å². The summed E-state index contributed by atoms with van der Waals surface area (Å²) in [6, 6.07) is 5.35. The topological polar surface area (TPSA) is 29.5 Å². The first kappa shape index (κ1) is 13.6. The van der Waals surface area contributed by atoms with Crippen LogP contribution in [0.2, 0.25) is 0 Å². The molecule has 2 nitrogen and oxygen atoms in total. The first-order chi connectivity index (χ1) is 7.58. The summed E-state index contributed by atoms with van der Waals surface area (Å²) in [6.45, 7) is 0. The lowest BCUT2D eigenvalue weighted by molar-refractivity contribution is -0.427. The Kier molecular flexibility index (Phi) is 3.28. The molecule has 1 aromatic rings. The van der Waals surface area contributed by atoms with Crippen molar-refractivity contribution in [1.82, 2.24) is 0 Å². The van der Waals surface area contributed by atoms with Gasteiger partial charge in [0.25, 0.3) is 0 Å². The zero-order valence-electron chi connectivity index (χ0n) is 8.01. The van der Waals surface area contributed by atoms with E-state index in [-0.39, 0.29) is 0 Å². The molecular weight excluding hydrogens is 254 g/mol. The highest BCUT2D eigenvalue weighted by molar-refractivity contribution is 5.22. The number of hydrogen-bond acceptors (Lipinski definition) is 2. The van der Waals surface area contributed by atoms with Gasteiger partial charge >= 0.3 is 18.1 Å². The van der Waals surface area contributed by atoms with Crippen molar-refractivity contribution in [2.24, 2.45) is 0 Å². The molecule has 0 heterocycles. The molecule has 0 aliphatic rings. The van der Waals surface area contributed by atoms with Crippen LogP contribution in [0.1, 0.15) is 0 Å². The molecule has 17 heavy (non-hydrogen) atoms. The van der Waals surface area contributed by atoms with Crippen molar-refractivity contribution in [3.8, 4) is 5.75 Å². The van der Waals surface area contributed by atoms with Crippen LogP contribution in [0.4, 0.5) is 26.3 Å². The fraction of sp³-hybridized carbons (Fsp3) is 0.333. The van der Waals surface area contributed by atoms with Crippen molar-refractivity contribution in [2.45, 2.75) is 18.1 Å². The Balaban J connectivity index is 3.11. The van der Waals surface area contributed by atoms with Crippen molar-refractivity contribution in [1.29, 1.82) is 0 Å². The minimum absolute atomic E-state index is 0.791. The minimum atomic E-state index is -6.10. The molecule has 1 atom stereocenters. The molecule has 1 N–H and O–H groups in total. The Morgan fingerprint density at radius 1 is 0.882 bits per heavy atom. The standard InChI is InChI=1S/C9H6F6O2/c10-7(8(11,12)13,9(14,15)16)17-6-4-2-1-3-5-6/h1-5,16H. The van der Waals surface area contributed by atoms with Gasteiger partial charge in [0.05, 0.1) is 0 Å². The van der Waals surface area contributed by atoms with Crippen LogP contribution in [0.15, 0.2) is 30.3 Å². The largest absolute Gasteiger partial charge is 0.470 e. The minimum Gasteiger partial charge on any atom is -0.444 e. The van der Waals surface area contributed by atoms with Crippen LogP contribution in [-0.2, 0) is 0 Å². The molecule has 0 fully saturated rings. The summed E-state index contributed by atoms with van der Waals surface area (Å²) in [6.07, 6.45) is -11.8. The molecule has 96 valence electrons. The molecule has 0 amide bonds. The van der Waals surface area contributed by atoms with Gasteiger partial charge in [-0.1, -0.05) is 18.2 Å². The maximum Gasteiger partial charge on any atom is 0.470 e. The van der Waals surface area contributed by atoms with E-state index in [1.165, 1.54) is 6.07 Å². The molecule has 1 rings (SSSR count). The summed E-state index contributed by atoms with van der Waals surface area (Å²) in [5.41, 5.74) is 0. The summed E-state index contributed by atoms with van der Waals surface area (Å²) < 4.78 is 77.7. The monoisotopic (exact) mass is 260 g/mol.